The maximum atomic E-state index is 11.7. The lowest BCUT2D eigenvalue weighted by Crippen LogP contribution is -2.48. The Bertz CT molecular complexity index is 549. The van der Waals surface area contributed by atoms with E-state index in [-0.39, 0.29) is 5.82 Å². The maximum Gasteiger partial charge on any atom is 0.342 e. The normalized spacial score (nSPS) is 19.6. The van der Waals surface area contributed by atoms with Gasteiger partial charge in [-0.1, -0.05) is 0 Å². The fraction of sp³-hybridized carbons (Fsp3) is 0.600. The second kappa shape index (κ2) is 5.03. The van der Waals surface area contributed by atoms with Crippen LogP contribution in [0.1, 0.15) is 19.3 Å². The van der Waals surface area contributed by atoms with Gasteiger partial charge in [-0.05, 0) is 19.3 Å². The van der Waals surface area contributed by atoms with Gasteiger partial charge in [-0.25, -0.2) is 14.7 Å². The topological polar surface area (TPSA) is 108 Å². The van der Waals surface area contributed by atoms with Crippen molar-refractivity contribution in [2.24, 2.45) is 0 Å². The number of nitrogens with zero attached hydrogens (tertiary/aromatic N) is 2. The summed E-state index contributed by atoms with van der Waals surface area (Å²) in [7, 11) is 1.31. The zero-order chi connectivity index (χ0) is 13.1. The lowest BCUT2D eigenvalue weighted by atomic mass is 10.0. The highest BCUT2D eigenvalue weighted by Gasteiger charge is 2.32. The lowest BCUT2D eigenvalue weighted by Gasteiger charge is -2.33. The molecule has 1 aliphatic rings. The van der Waals surface area contributed by atoms with Gasteiger partial charge in [-0.2, -0.15) is 0 Å². The molecule has 1 aromatic heterocycles. The van der Waals surface area contributed by atoms with Gasteiger partial charge in [0.05, 0.1) is 7.11 Å². The first-order chi connectivity index (χ1) is 8.63. The molecule has 2 heterocycles. The smallest absolute Gasteiger partial charge is 0.342 e. The second-order valence-electron chi connectivity index (χ2n) is 4.06. The van der Waals surface area contributed by atoms with Crippen LogP contribution < -0.4 is 16.1 Å². The summed E-state index contributed by atoms with van der Waals surface area (Å²) in [4.78, 5) is 37.9. The minimum Gasteiger partial charge on any atom is -0.467 e. The summed E-state index contributed by atoms with van der Waals surface area (Å²) in [5.41, 5.74) is -1.27. The third kappa shape index (κ3) is 2.27. The van der Waals surface area contributed by atoms with Crippen LogP contribution in [0.2, 0.25) is 0 Å². The fourth-order valence-electron chi connectivity index (χ4n) is 2.10. The molecular formula is C10H14N4O4. The summed E-state index contributed by atoms with van der Waals surface area (Å²) in [6.45, 7) is 0.530. The zero-order valence-electron chi connectivity index (χ0n) is 9.93. The molecule has 8 nitrogen and oxygen atoms in total. The van der Waals surface area contributed by atoms with E-state index in [1.165, 1.54) is 7.11 Å². The molecular weight excluding hydrogens is 240 g/mol. The molecule has 0 amide bonds. The van der Waals surface area contributed by atoms with Crippen molar-refractivity contribution >= 4 is 11.8 Å². The molecule has 0 radical (unpaired) electrons. The van der Waals surface area contributed by atoms with Crippen molar-refractivity contribution in [3.8, 4) is 0 Å². The molecule has 1 aromatic rings. The van der Waals surface area contributed by atoms with Gasteiger partial charge in [0.25, 0.3) is 5.56 Å². The number of aromatic nitrogens is 3. The van der Waals surface area contributed by atoms with Crippen LogP contribution >= 0.6 is 0 Å². The first kappa shape index (κ1) is 12.3. The number of hydrogen-bond donors (Lipinski definition) is 2. The molecule has 1 fully saturated rings. The molecule has 2 N–H and O–H groups in total. The van der Waals surface area contributed by atoms with Crippen molar-refractivity contribution < 1.29 is 9.53 Å². The third-order valence-corrected chi connectivity index (χ3v) is 2.94. The average Bonchev–Trinajstić information content (AvgIpc) is 2.38. The van der Waals surface area contributed by atoms with E-state index < -0.39 is 23.3 Å². The Labute approximate surface area is 102 Å². The predicted molar refractivity (Wildman–Crippen MR) is 62.5 cm³/mol. The Kier molecular flexibility index (Phi) is 3.45. The van der Waals surface area contributed by atoms with Crippen LogP contribution in [0.5, 0.6) is 0 Å². The standard InChI is InChI=1S/C10H14N4O4/c1-18-9(16)6-4-2-3-5-14(6)7-8(15)11-10(17)13-12-7/h6H,2-5H2,1H3,(H2,11,13,15,17). The predicted octanol–water partition coefficient (Wildman–Crippen LogP) is -1.01. The molecule has 0 saturated carbocycles. The van der Waals surface area contributed by atoms with Gasteiger partial charge in [0, 0.05) is 6.54 Å². The maximum absolute atomic E-state index is 11.7. The van der Waals surface area contributed by atoms with E-state index in [1.807, 2.05) is 0 Å². The number of aromatic amines is 2. The quantitative estimate of drug-likeness (QED) is 0.655. The van der Waals surface area contributed by atoms with Crippen LogP contribution in [0.15, 0.2) is 9.59 Å². The molecule has 8 heteroatoms. The number of methoxy groups -OCH3 is 1. The van der Waals surface area contributed by atoms with Gasteiger partial charge in [0.2, 0.25) is 5.82 Å². The number of carbonyl (C=O) groups excluding carboxylic acids is 1. The largest absolute Gasteiger partial charge is 0.467 e. The Morgan fingerprint density at radius 2 is 2.22 bits per heavy atom. The van der Waals surface area contributed by atoms with E-state index in [0.29, 0.717) is 13.0 Å². The number of rotatable bonds is 2. The molecule has 2 rings (SSSR count). The Morgan fingerprint density at radius 3 is 2.89 bits per heavy atom. The van der Waals surface area contributed by atoms with Crippen molar-refractivity contribution in [2.75, 3.05) is 18.6 Å². The first-order valence-electron chi connectivity index (χ1n) is 5.67. The highest BCUT2D eigenvalue weighted by atomic mass is 16.5. The monoisotopic (exact) mass is 254 g/mol. The summed E-state index contributed by atoms with van der Waals surface area (Å²) in [5, 5.41) is 5.87. The minimum absolute atomic E-state index is 0.0460. The average molecular weight is 254 g/mol. The molecule has 1 saturated heterocycles. The van der Waals surface area contributed by atoms with Crippen LogP contribution in [0.3, 0.4) is 0 Å². The SMILES string of the molecule is COC(=O)C1CCCCN1c1n[nH]c(=O)[nH]c1=O. The van der Waals surface area contributed by atoms with Crippen LogP contribution in [0.4, 0.5) is 5.82 Å². The summed E-state index contributed by atoms with van der Waals surface area (Å²) >= 11 is 0. The molecule has 1 atom stereocenters. The molecule has 98 valence electrons. The van der Waals surface area contributed by atoms with Gasteiger partial charge < -0.3 is 9.64 Å². The Balaban J connectivity index is 2.36. The fourth-order valence-corrected chi connectivity index (χ4v) is 2.10. The molecule has 1 unspecified atom stereocenters. The van der Waals surface area contributed by atoms with Crippen LogP contribution in [-0.2, 0) is 9.53 Å². The summed E-state index contributed by atoms with van der Waals surface area (Å²) in [6.07, 6.45) is 2.35. The van der Waals surface area contributed by atoms with E-state index >= 15 is 0 Å². The van der Waals surface area contributed by atoms with E-state index in [9.17, 15) is 14.4 Å². The molecule has 18 heavy (non-hydrogen) atoms. The number of esters is 1. The van der Waals surface area contributed by atoms with Gasteiger partial charge in [-0.3, -0.25) is 9.78 Å². The van der Waals surface area contributed by atoms with Crippen LogP contribution in [0.25, 0.3) is 0 Å². The molecule has 1 aliphatic heterocycles. The molecule has 0 aromatic carbocycles. The Hall–Kier alpha value is -2.12. The van der Waals surface area contributed by atoms with Crippen molar-refractivity contribution in [1.82, 2.24) is 15.2 Å². The highest BCUT2D eigenvalue weighted by molar-refractivity contribution is 5.79. The number of ether oxygens (including phenoxy) is 1. The lowest BCUT2D eigenvalue weighted by molar-refractivity contribution is -0.142. The zero-order valence-corrected chi connectivity index (χ0v) is 9.93. The van der Waals surface area contributed by atoms with Crippen molar-refractivity contribution in [3.63, 3.8) is 0 Å². The van der Waals surface area contributed by atoms with Crippen LogP contribution in [-0.4, -0.2) is 40.8 Å². The van der Waals surface area contributed by atoms with E-state index in [0.717, 1.165) is 12.8 Å². The number of nitrogens with one attached hydrogen (secondary N) is 2. The number of H-pyrrole nitrogens is 2. The van der Waals surface area contributed by atoms with Crippen molar-refractivity contribution in [3.05, 3.63) is 20.8 Å². The van der Waals surface area contributed by atoms with E-state index in [4.69, 9.17) is 4.74 Å². The second-order valence-corrected chi connectivity index (χ2v) is 4.06. The van der Waals surface area contributed by atoms with Crippen molar-refractivity contribution in [1.29, 1.82) is 0 Å². The van der Waals surface area contributed by atoms with E-state index in [1.54, 1.807) is 4.90 Å². The highest BCUT2D eigenvalue weighted by Crippen LogP contribution is 2.20. The van der Waals surface area contributed by atoms with Gasteiger partial charge >= 0.3 is 11.7 Å². The summed E-state index contributed by atoms with van der Waals surface area (Å²) < 4.78 is 4.71. The number of carbonyl (C=O) groups is 1. The van der Waals surface area contributed by atoms with Crippen molar-refractivity contribution in [2.45, 2.75) is 25.3 Å². The Morgan fingerprint density at radius 1 is 1.44 bits per heavy atom. The molecule has 0 aliphatic carbocycles. The van der Waals surface area contributed by atoms with Gasteiger partial charge in [0.15, 0.2) is 0 Å². The molecule has 0 bridgehead atoms. The van der Waals surface area contributed by atoms with Gasteiger partial charge in [-0.15, -0.1) is 5.10 Å². The number of anilines is 1. The van der Waals surface area contributed by atoms with Crippen LogP contribution in [0, 0.1) is 0 Å². The summed E-state index contributed by atoms with van der Waals surface area (Å²) in [5.74, 6) is -0.355. The third-order valence-electron chi connectivity index (χ3n) is 2.94. The minimum atomic E-state index is -0.671. The summed E-state index contributed by atoms with van der Waals surface area (Å²) in [6, 6.07) is -0.525. The van der Waals surface area contributed by atoms with E-state index in [2.05, 4.69) is 15.2 Å². The number of piperidine rings is 1. The molecule has 0 spiro atoms. The number of hydrogen-bond acceptors (Lipinski definition) is 6. The first-order valence-corrected chi connectivity index (χ1v) is 5.67. The van der Waals surface area contributed by atoms with Gasteiger partial charge in [0.1, 0.15) is 6.04 Å².